The number of hydrogen-bond donors (Lipinski definition) is 0. The van der Waals surface area contributed by atoms with Crippen molar-refractivity contribution < 1.29 is 0 Å². The summed E-state index contributed by atoms with van der Waals surface area (Å²) >= 11 is 0. The first-order chi connectivity index (χ1) is 14.9. The van der Waals surface area contributed by atoms with E-state index in [0.29, 0.717) is 0 Å². The average molecular weight is 393 g/mol. The average Bonchev–Trinajstić information content (AvgIpc) is 2.79. The summed E-state index contributed by atoms with van der Waals surface area (Å²) in [6.45, 7) is 2.29. The highest BCUT2D eigenvalue weighted by molar-refractivity contribution is 6.33. The van der Waals surface area contributed by atoms with Gasteiger partial charge >= 0.3 is 0 Å². The van der Waals surface area contributed by atoms with Crippen molar-refractivity contribution in [2.24, 2.45) is 0 Å². The molecule has 0 aliphatic rings. The summed E-state index contributed by atoms with van der Waals surface area (Å²) in [5.74, 6) is 0. The summed E-state index contributed by atoms with van der Waals surface area (Å²) in [6.07, 6.45) is 12.2. The van der Waals surface area contributed by atoms with Crippen molar-refractivity contribution in [1.82, 2.24) is 0 Å². The predicted molar refractivity (Wildman–Crippen MR) is 134 cm³/mol. The van der Waals surface area contributed by atoms with E-state index < -0.39 is 0 Å². The Morgan fingerprint density at radius 1 is 0.467 bits per heavy atom. The Hall–Kier alpha value is -2.60. The van der Waals surface area contributed by atoms with Crippen molar-refractivity contribution in [2.75, 3.05) is 0 Å². The van der Waals surface area contributed by atoms with Crippen LogP contribution in [-0.4, -0.2) is 0 Å². The third kappa shape index (κ3) is 3.43. The van der Waals surface area contributed by atoms with Gasteiger partial charge in [0, 0.05) is 0 Å². The third-order valence-corrected chi connectivity index (χ3v) is 6.90. The SMILES string of the molecule is CCCCCCCCCCc1ccc2cccc3c4cccc5cccc(c1c23)c54. The second kappa shape index (κ2) is 8.64. The summed E-state index contributed by atoms with van der Waals surface area (Å²) in [5.41, 5.74) is 1.53. The number of fused-ring (bicyclic) bond motifs is 2. The quantitative estimate of drug-likeness (QED) is 0.133. The van der Waals surface area contributed by atoms with Gasteiger partial charge in [-0.3, -0.25) is 0 Å². The van der Waals surface area contributed by atoms with Crippen LogP contribution in [0.1, 0.15) is 63.9 Å². The summed E-state index contributed by atoms with van der Waals surface area (Å²) in [7, 11) is 0. The molecule has 0 heteroatoms. The lowest BCUT2D eigenvalue weighted by Gasteiger charge is -2.17. The van der Waals surface area contributed by atoms with Crippen LogP contribution in [0.4, 0.5) is 0 Å². The predicted octanol–water partition coefficient (Wildman–Crippen LogP) is 9.42. The van der Waals surface area contributed by atoms with E-state index in [1.807, 2.05) is 0 Å². The number of hydrogen-bond acceptors (Lipinski definition) is 0. The van der Waals surface area contributed by atoms with Crippen LogP contribution in [0.25, 0.3) is 43.1 Å². The molecule has 0 heterocycles. The highest BCUT2D eigenvalue weighted by Gasteiger charge is 2.14. The molecular formula is C30H32. The van der Waals surface area contributed by atoms with Gasteiger partial charge in [-0.2, -0.15) is 0 Å². The molecule has 0 spiro atoms. The first-order valence-corrected chi connectivity index (χ1v) is 12.0. The van der Waals surface area contributed by atoms with E-state index in [2.05, 4.69) is 73.7 Å². The zero-order chi connectivity index (χ0) is 20.3. The van der Waals surface area contributed by atoms with Crippen molar-refractivity contribution >= 4 is 43.1 Å². The lowest BCUT2D eigenvalue weighted by atomic mass is 9.86. The molecule has 0 aromatic heterocycles. The molecule has 0 bridgehead atoms. The molecule has 30 heavy (non-hydrogen) atoms. The van der Waals surface area contributed by atoms with Gasteiger partial charge < -0.3 is 0 Å². The van der Waals surface area contributed by atoms with Gasteiger partial charge in [-0.1, -0.05) is 119 Å². The van der Waals surface area contributed by atoms with Gasteiger partial charge in [-0.15, -0.1) is 0 Å². The molecule has 0 saturated carbocycles. The maximum absolute atomic E-state index is 2.40. The fourth-order valence-electron chi connectivity index (χ4n) is 5.39. The lowest BCUT2D eigenvalue weighted by Crippen LogP contribution is -1.93. The molecule has 5 rings (SSSR count). The minimum Gasteiger partial charge on any atom is -0.0654 e. The Kier molecular flexibility index (Phi) is 5.58. The van der Waals surface area contributed by atoms with E-state index in [1.165, 1.54) is 106 Å². The van der Waals surface area contributed by atoms with E-state index >= 15 is 0 Å². The molecular weight excluding hydrogens is 360 g/mol. The number of benzene rings is 5. The summed E-state index contributed by atoms with van der Waals surface area (Å²) in [4.78, 5) is 0. The largest absolute Gasteiger partial charge is 0.0654 e. The Balaban J connectivity index is 1.51. The molecule has 0 amide bonds. The number of rotatable bonds is 9. The van der Waals surface area contributed by atoms with Gasteiger partial charge in [-0.25, -0.2) is 0 Å². The Bertz CT molecular complexity index is 1270. The fourth-order valence-corrected chi connectivity index (χ4v) is 5.39. The topological polar surface area (TPSA) is 0 Å². The molecule has 0 aliphatic carbocycles. The zero-order valence-electron chi connectivity index (χ0n) is 18.2. The smallest absolute Gasteiger partial charge is 0.00236 e. The van der Waals surface area contributed by atoms with Gasteiger partial charge in [-0.05, 0) is 61.5 Å². The zero-order valence-corrected chi connectivity index (χ0v) is 18.2. The molecule has 0 atom stereocenters. The second-order valence-electron chi connectivity index (χ2n) is 8.94. The van der Waals surface area contributed by atoms with Crippen molar-refractivity contribution in [2.45, 2.75) is 64.7 Å². The number of unbranched alkanes of at least 4 members (excludes halogenated alkanes) is 7. The van der Waals surface area contributed by atoms with Crippen LogP contribution in [0.2, 0.25) is 0 Å². The van der Waals surface area contributed by atoms with Crippen LogP contribution in [0.15, 0.2) is 66.7 Å². The van der Waals surface area contributed by atoms with Gasteiger partial charge in [0.05, 0.1) is 0 Å². The molecule has 0 radical (unpaired) electrons. The maximum atomic E-state index is 2.40. The van der Waals surface area contributed by atoms with E-state index in [0.717, 1.165) is 0 Å². The Morgan fingerprint density at radius 2 is 1.03 bits per heavy atom. The first-order valence-electron chi connectivity index (χ1n) is 12.0. The molecule has 0 aliphatic heterocycles. The highest BCUT2D eigenvalue weighted by Crippen LogP contribution is 2.41. The monoisotopic (exact) mass is 392 g/mol. The minimum absolute atomic E-state index is 1.19. The van der Waals surface area contributed by atoms with E-state index in [4.69, 9.17) is 0 Å². The molecule has 5 aromatic carbocycles. The third-order valence-electron chi connectivity index (χ3n) is 6.90. The van der Waals surface area contributed by atoms with E-state index in [1.54, 1.807) is 0 Å². The van der Waals surface area contributed by atoms with Crippen molar-refractivity contribution in [1.29, 1.82) is 0 Å². The van der Waals surface area contributed by atoms with Crippen molar-refractivity contribution in [3.63, 3.8) is 0 Å². The van der Waals surface area contributed by atoms with Crippen LogP contribution < -0.4 is 0 Å². The maximum Gasteiger partial charge on any atom is -0.00236 e. The number of aryl methyl sites for hydroxylation is 1. The summed E-state index contributed by atoms with van der Waals surface area (Å²) in [5, 5.41) is 11.3. The van der Waals surface area contributed by atoms with Gasteiger partial charge in [0.25, 0.3) is 0 Å². The van der Waals surface area contributed by atoms with Crippen molar-refractivity contribution in [3.05, 3.63) is 72.3 Å². The molecule has 0 nitrogen and oxygen atoms in total. The van der Waals surface area contributed by atoms with Crippen LogP contribution in [0.3, 0.4) is 0 Å². The van der Waals surface area contributed by atoms with E-state index in [9.17, 15) is 0 Å². The summed E-state index contributed by atoms with van der Waals surface area (Å²) in [6, 6.07) is 25.1. The fraction of sp³-hybridized carbons (Fsp3) is 0.333. The molecule has 5 aromatic rings. The van der Waals surface area contributed by atoms with Crippen molar-refractivity contribution in [3.8, 4) is 0 Å². The molecule has 0 unspecified atom stereocenters. The summed E-state index contributed by atoms with van der Waals surface area (Å²) < 4.78 is 0. The molecule has 0 N–H and O–H groups in total. The van der Waals surface area contributed by atoms with Crippen LogP contribution >= 0.6 is 0 Å². The van der Waals surface area contributed by atoms with Gasteiger partial charge in [0.15, 0.2) is 0 Å². The standard InChI is InChI=1S/C30H32/c1-2-3-4-5-6-7-8-9-13-23-20-21-24-16-11-18-26-25-17-10-14-22-15-12-19-27(28(22)25)30(23)29(24)26/h10-12,14-21H,2-9,13H2,1H3. The lowest BCUT2D eigenvalue weighted by molar-refractivity contribution is 0.576. The molecule has 0 saturated heterocycles. The van der Waals surface area contributed by atoms with Crippen LogP contribution in [0, 0.1) is 0 Å². The van der Waals surface area contributed by atoms with Crippen LogP contribution in [-0.2, 0) is 6.42 Å². The van der Waals surface area contributed by atoms with Gasteiger partial charge in [0.2, 0.25) is 0 Å². The van der Waals surface area contributed by atoms with E-state index in [-0.39, 0.29) is 0 Å². The first kappa shape index (κ1) is 19.4. The van der Waals surface area contributed by atoms with Gasteiger partial charge in [0.1, 0.15) is 0 Å². The highest BCUT2D eigenvalue weighted by atomic mass is 14.2. The second-order valence-corrected chi connectivity index (χ2v) is 8.94. The Labute approximate surface area is 180 Å². The normalized spacial score (nSPS) is 12.0. The Morgan fingerprint density at radius 3 is 1.73 bits per heavy atom. The minimum atomic E-state index is 1.19. The molecule has 0 fully saturated rings. The molecule has 152 valence electrons. The van der Waals surface area contributed by atoms with Crippen LogP contribution in [0.5, 0.6) is 0 Å².